The van der Waals surface area contributed by atoms with Crippen molar-refractivity contribution in [1.82, 2.24) is 4.98 Å². The van der Waals surface area contributed by atoms with Crippen LogP contribution in [0.15, 0.2) is 41.4 Å². The van der Waals surface area contributed by atoms with Gasteiger partial charge in [-0.2, -0.15) is 0 Å². The lowest BCUT2D eigenvalue weighted by Gasteiger charge is -2.06. The van der Waals surface area contributed by atoms with Crippen LogP contribution in [0.5, 0.6) is 5.88 Å². The Morgan fingerprint density at radius 3 is 2.36 bits per heavy atom. The van der Waals surface area contributed by atoms with Gasteiger partial charge in [0, 0.05) is 22.3 Å². The molecule has 0 radical (unpaired) electrons. The van der Waals surface area contributed by atoms with E-state index in [2.05, 4.69) is 9.98 Å². The van der Waals surface area contributed by atoms with Crippen molar-refractivity contribution >= 4 is 18.3 Å². The molecule has 28 heavy (non-hydrogen) atoms. The van der Waals surface area contributed by atoms with E-state index in [1.165, 1.54) is 6.07 Å². The Morgan fingerprint density at radius 2 is 1.68 bits per heavy atom. The van der Waals surface area contributed by atoms with Crippen LogP contribution in [-0.2, 0) is 0 Å². The highest BCUT2D eigenvalue weighted by atomic mass is 16.3. The number of nitrogens with one attached hydrogen (secondary N) is 1. The van der Waals surface area contributed by atoms with Gasteiger partial charge >= 0.3 is 0 Å². The van der Waals surface area contributed by atoms with Gasteiger partial charge in [-0.15, -0.1) is 0 Å². The van der Waals surface area contributed by atoms with E-state index in [-0.39, 0.29) is 17.0 Å². The van der Waals surface area contributed by atoms with Gasteiger partial charge in [-0.05, 0) is 42.7 Å². The number of benzene rings is 2. The van der Waals surface area contributed by atoms with Crippen molar-refractivity contribution < 1.29 is 19.8 Å². The van der Waals surface area contributed by atoms with Crippen molar-refractivity contribution in [3.63, 3.8) is 0 Å². The van der Waals surface area contributed by atoms with Gasteiger partial charge in [0.05, 0.1) is 17.0 Å². The summed E-state index contributed by atoms with van der Waals surface area (Å²) in [6, 6.07) is 10.6. The number of nitrogens with zero attached hydrogens (tertiary/aromatic N) is 1. The number of aryl methyl sites for hydroxylation is 2. The number of aromatic hydroxyl groups is 1. The van der Waals surface area contributed by atoms with E-state index in [1.807, 2.05) is 32.0 Å². The maximum absolute atomic E-state index is 11.3. The van der Waals surface area contributed by atoms with Gasteiger partial charge in [-0.25, -0.2) is 4.99 Å². The molecule has 0 spiro atoms. The summed E-state index contributed by atoms with van der Waals surface area (Å²) in [6.07, 6.45) is 0.0630. The predicted molar refractivity (Wildman–Crippen MR) is 105 cm³/mol. The molecule has 3 aromatic rings. The average molecular weight is 374 g/mol. The molecular formula is C22H18N2O4. The van der Waals surface area contributed by atoms with Gasteiger partial charge in [0.2, 0.25) is 0 Å². The Kier molecular flexibility index (Phi) is 4.20. The molecule has 3 N–H and O–H groups in total. The minimum absolute atomic E-state index is 0.106. The molecule has 0 fully saturated rings. The number of carbonyl (C=O) groups is 2. The molecule has 1 atom stereocenters. The minimum Gasteiger partial charge on any atom is -0.494 e. The average Bonchev–Trinajstić information content (AvgIpc) is 3.22. The van der Waals surface area contributed by atoms with Gasteiger partial charge in [0.1, 0.15) is 0 Å². The normalized spacial score (nSPS) is 15.2. The van der Waals surface area contributed by atoms with E-state index in [0.29, 0.717) is 40.7 Å². The highest BCUT2D eigenvalue weighted by Gasteiger charge is 2.33. The Balaban J connectivity index is 1.86. The zero-order chi connectivity index (χ0) is 20.0. The molecular weight excluding hydrogens is 356 g/mol. The summed E-state index contributed by atoms with van der Waals surface area (Å²) < 4.78 is 0. The lowest BCUT2D eigenvalue weighted by Crippen LogP contribution is -2.01. The molecule has 0 bridgehead atoms. The topological polar surface area (TPSA) is 103 Å². The van der Waals surface area contributed by atoms with Crippen molar-refractivity contribution in [3.8, 4) is 17.1 Å². The summed E-state index contributed by atoms with van der Waals surface area (Å²) in [6.45, 7) is 4.00. The molecule has 2 heterocycles. The summed E-state index contributed by atoms with van der Waals surface area (Å²) in [7, 11) is 0. The smallest absolute Gasteiger partial charge is 0.198 e. The molecule has 6 nitrogen and oxygen atoms in total. The first kappa shape index (κ1) is 17.9. The number of hydrogen-bond donors (Lipinski definition) is 3. The third-order valence-corrected chi connectivity index (χ3v) is 5.18. The van der Waals surface area contributed by atoms with Gasteiger partial charge < -0.3 is 15.2 Å². The van der Waals surface area contributed by atoms with Gasteiger partial charge in [0.25, 0.3) is 0 Å². The summed E-state index contributed by atoms with van der Waals surface area (Å²) in [5, 5.41) is 21.1. The first-order valence-electron chi connectivity index (χ1n) is 8.78. The number of rotatable bonds is 4. The van der Waals surface area contributed by atoms with Crippen LogP contribution in [0.2, 0.25) is 0 Å². The van der Waals surface area contributed by atoms with Crippen LogP contribution < -0.4 is 0 Å². The molecule has 0 saturated heterocycles. The highest BCUT2D eigenvalue weighted by molar-refractivity contribution is 6.18. The van der Waals surface area contributed by atoms with E-state index in [9.17, 15) is 19.8 Å². The van der Waals surface area contributed by atoms with Crippen LogP contribution >= 0.6 is 0 Å². The van der Waals surface area contributed by atoms with Crippen LogP contribution in [0, 0.1) is 13.8 Å². The number of H-pyrrole nitrogens is 1. The molecule has 0 amide bonds. The third-order valence-electron chi connectivity index (χ3n) is 5.18. The number of fused-ring (bicyclic) bond motifs is 1. The van der Waals surface area contributed by atoms with E-state index >= 15 is 0 Å². The molecule has 1 aliphatic rings. The number of aliphatic hydroxyl groups excluding tert-OH is 1. The predicted octanol–water partition coefficient (Wildman–Crippen LogP) is 3.47. The van der Waals surface area contributed by atoms with Crippen molar-refractivity contribution in [2.24, 2.45) is 4.99 Å². The molecule has 4 rings (SSSR count). The molecule has 1 aliphatic heterocycles. The second-order valence-electron chi connectivity index (χ2n) is 6.87. The molecule has 0 aliphatic carbocycles. The van der Waals surface area contributed by atoms with Crippen LogP contribution in [0.25, 0.3) is 11.3 Å². The number of aromatic amines is 1. The van der Waals surface area contributed by atoms with Crippen LogP contribution in [0.1, 0.15) is 54.8 Å². The van der Waals surface area contributed by atoms with E-state index in [1.54, 1.807) is 12.1 Å². The summed E-state index contributed by atoms with van der Waals surface area (Å²) in [5.74, 6) is -0.106. The van der Waals surface area contributed by atoms with Crippen LogP contribution in [-0.4, -0.2) is 33.5 Å². The highest BCUT2D eigenvalue weighted by Crippen LogP contribution is 2.42. The Bertz CT molecular complexity index is 1160. The van der Waals surface area contributed by atoms with E-state index in [0.717, 1.165) is 16.7 Å². The Hall–Kier alpha value is -3.51. The minimum atomic E-state index is -1.15. The van der Waals surface area contributed by atoms with Crippen molar-refractivity contribution in [1.29, 1.82) is 0 Å². The molecule has 1 unspecified atom stereocenters. The van der Waals surface area contributed by atoms with E-state index in [4.69, 9.17) is 0 Å². The Morgan fingerprint density at radius 1 is 0.964 bits per heavy atom. The lowest BCUT2D eigenvalue weighted by molar-refractivity contribution is 0.109. The molecule has 0 saturated carbocycles. The zero-order valence-corrected chi connectivity index (χ0v) is 15.4. The maximum Gasteiger partial charge on any atom is 0.198 e. The number of aldehydes is 2. The first-order chi connectivity index (χ1) is 13.4. The monoisotopic (exact) mass is 374 g/mol. The van der Waals surface area contributed by atoms with E-state index < -0.39 is 6.23 Å². The molecule has 140 valence electrons. The molecule has 2 aromatic carbocycles. The lowest BCUT2D eigenvalue weighted by atomic mass is 9.96. The number of hydrogen-bond acceptors (Lipinski definition) is 5. The largest absolute Gasteiger partial charge is 0.494 e. The van der Waals surface area contributed by atoms with Crippen molar-refractivity contribution in [3.05, 3.63) is 75.3 Å². The summed E-state index contributed by atoms with van der Waals surface area (Å²) in [5.41, 5.74) is 5.95. The van der Waals surface area contributed by atoms with Crippen LogP contribution in [0.3, 0.4) is 0 Å². The number of aliphatic imine (C=N–C) groups is 1. The quantitative estimate of drug-likeness (QED) is 0.608. The van der Waals surface area contributed by atoms with Crippen LogP contribution in [0.4, 0.5) is 0 Å². The second kappa shape index (κ2) is 6.58. The molecule has 1 aromatic heterocycles. The third kappa shape index (κ3) is 2.66. The molecule has 6 heteroatoms. The van der Waals surface area contributed by atoms with Gasteiger partial charge in [0.15, 0.2) is 24.7 Å². The number of aliphatic hydroxyl groups is 1. The van der Waals surface area contributed by atoms with Crippen molar-refractivity contribution in [2.75, 3.05) is 0 Å². The standard InChI is InChI=1S/C22H18N2O4/c1-11-3-4-13(7-12(11)2)19-17-18(22(28)23-19)20(24-21(17)27)14-5-6-15(9-25)16(8-14)10-26/h3-10,22,24,27-28H,1-2H3. The number of aromatic nitrogens is 1. The van der Waals surface area contributed by atoms with Gasteiger partial charge in [-0.3, -0.25) is 9.59 Å². The van der Waals surface area contributed by atoms with Gasteiger partial charge in [-0.1, -0.05) is 24.3 Å². The second-order valence-corrected chi connectivity index (χ2v) is 6.87. The summed E-state index contributed by atoms with van der Waals surface area (Å²) in [4.78, 5) is 29.6. The maximum atomic E-state index is 11.3. The zero-order valence-electron chi connectivity index (χ0n) is 15.4. The fourth-order valence-electron chi connectivity index (χ4n) is 3.53. The Labute approximate surface area is 161 Å². The number of carbonyl (C=O) groups excluding carboxylic acids is 2. The fraction of sp³-hybridized carbons (Fsp3) is 0.136. The SMILES string of the molecule is Cc1ccc(C2=NC(O)c3c(-c4ccc(C=O)c(C=O)c4)[nH]c(O)c32)cc1C. The summed E-state index contributed by atoms with van der Waals surface area (Å²) >= 11 is 0. The van der Waals surface area contributed by atoms with Crippen molar-refractivity contribution in [2.45, 2.75) is 20.1 Å². The fourth-order valence-corrected chi connectivity index (χ4v) is 3.53. The first-order valence-corrected chi connectivity index (χ1v) is 8.78.